The molecule has 5 nitrogen and oxygen atoms in total. The molecule has 0 aliphatic heterocycles. The molecule has 0 saturated carbocycles. The fraction of sp³-hybridized carbons (Fsp3) is 0.250. The number of nitrogens with zero attached hydrogens (tertiary/aromatic N) is 2. The van der Waals surface area contributed by atoms with Crippen LogP contribution in [0.4, 0.5) is 0 Å². The average molecular weight is 285 g/mol. The van der Waals surface area contributed by atoms with E-state index in [-0.39, 0.29) is 11.5 Å². The number of hydrogen-bond acceptors (Lipinski definition) is 3. The highest BCUT2D eigenvalue weighted by Gasteiger charge is 2.08. The lowest BCUT2D eigenvalue weighted by atomic mass is 10.2. The van der Waals surface area contributed by atoms with Crippen LogP contribution < -0.4 is 10.9 Å². The molecular formula is C16H19N3O2. The zero-order valence-corrected chi connectivity index (χ0v) is 12.2. The van der Waals surface area contributed by atoms with E-state index in [9.17, 15) is 9.59 Å². The number of hydrogen-bond donors (Lipinski definition) is 1. The molecule has 21 heavy (non-hydrogen) atoms. The molecule has 0 aliphatic carbocycles. The van der Waals surface area contributed by atoms with Gasteiger partial charge in [-0.1, -0.05) is 18.2 Å². The Morgan fingerprint density at radius 2 is 1.86 bits per heavy atom. The van der Waals surface area contributed by atoms with Gasteiger partial charge in [0.05, 0.1) is 5.56 Å². The first-order valence-electron chi connectivity index (χ1n) is 6.79. The summed E-state index contributed by atoms with van der Waals surface area (Å²) in [5.74, 6) is -0.179. The quantitative estimate of drug-likeness (QED) is 0.896. The molecular weight excluding hydrogens is 266 g/mol. The molecule has 2 aromatic rings. The van der Waals surface area contributed by atoms with Gasteiger partial charge in [0, 0.05) is 31.0 Å². The Morgan fingerprint density at radius 3 is 2.52 bits per heavy atom. The van der Waals surface area contributed by atoms with E-state index in [4.69, 9.17) is 0 Å². The molecule has 1 aromatic carbocycles. The standard InChI is InChI=1S/C16H19N3O2/c1-18(2)11-10-17-16(21)13-8-9-15(20)19(12-13)14-6-4-3-5-7-14/h3-9,12H,10-11H2,1-2H3,(H,17,21). The molecule has 0 saturated heterocycles. The van der Waals surface area contributed by atoms with Gasteiger partial charge in [0.1, 0.15) is 0 Å². The van der Waals surface area contributed by atoms with Gasteiger partial charge < -0.3 is 10.2 Å². The van der Waals surface area contributed by atoms with Gasteiger partial charge in [-0.05, 0) is 32.3 Å². The van der Waals surface area contributed by atoms with Crippen molar-refractivity contribution in [3.05, 3.63) is 64.6 Å². The molecule has 0 fully saturated rings. The van der Waals surface area contributed by atoms with Crippen LogP contribution in [0.3, 0.4) is 0 Å². The van der Waals surface area contributed by atoms with Crippen molar-refractivity contribution in [2.75, 3.05) is 27.2 Å². The third kappa shape index (κ3) is 4.03. The second kappa shape index (κ2) is 6.85. The van der Waals surface area contributed by atoms with Crippen molar-refractivity contribution >= 4 is 5.91 Å². The van der Waals surface area contributed by atoms with Crippen LogP contribution in [0.5, 0.6) is 0 Å². The Balaban J connectivity index is 2.19. The first-order chi connectivity index (χ1) is 10.1. The summed E-state index contributed by atoms with van der Waals surface area (Å²) in [4.78, 5) is 26.0. The van der Waals surface area contributed by atoms with Crippen molar-refractivity contribution in [1.82, 2.24) is 14.8 Å². The third-order valence-electron chi connectivity index (χ3n) is 3.05. The largest absolute Gasteiger partial charge is 0.351 e. The number of aromatic nitrogens is 1. The SMILES string of the molecule is CN(C)CCNC(=O)c1ccc(=O)n(-c2ccccc2)c1. The highest BCUT2D eigenvalue weighted by molar-refractivity contribution is 5.93. The number of likely N-dealkylation sites (N-methyl/N-ethyl adjacent to an activating group) is 1. The number of para-hydroxylation sites is 1. The lowest BCUT2D eigenvalue weighted by molar-refractivity contribution is 0.0950. The summed E-state index contributed by atoms with van der Waals surface area (Å²) < 4.78 is 1.47. The van der Waals surface area contributed by atoms with Crippen molar-refractivity contribution in [1.29, 1.82) is 0 Å². The fourth-order valence-electron chi connectivity index (χ4n) is 1.91. The molecule has 5 heteroatoms. The van der Waals surface area contributed by atoms with E-state index in [2.05, 4.69) is 5.32 Å². The van der Waals surface area contributed by atoms with Crippen molar-refractivity contribution in [3.8, 4) is 5.69 Å². The Morgan fingerprint density at radius 1 is 1.14 bits per heavy atom. The number of carbonyl (C=O) groups is 1. The Bertz CT molecular complexity index is 663. The average Bonchev–Trinajstić information content (AvgIpc) is 2.48. The lowest BCUT2D eigenvalue weighted by Gasteiger charge is -2.11. The van der Waals surface area contributed by atoms with Crippen molar-refractivity contribution in [2.45, 2.75) is 0 Å². The van der Waals surface area contributed by atoms with Gasteiger partial charge in [-0.2, -0.15) is 0 Å². The van der Waals surface area contributed by atoms with E-state index < -0.39 is 0 Å². The number of rotatable bonds is 5. The van der Waals surface area contributed by atoms with Crippen molar-refractivity contribution in [3.63, 3.8) is 0 Å². The van der Waals surface area contributed by atoms with Gasteiger partial charge >= 0.3 is 0 Å². The van der Waals surface area contributed by atoms with Crippen LogP contribution in [-0.2, 0) is 0 Å². The first kappa shape index (κ1) is 15.0. The lowest BCUT2D eigenvalue weighted by Crippen LogP contribution is -2.32. The summed E-state index contributed by atoms with van der Waals surface area (Å²) in [5.41, 5.74) is 1.05. The zero-order chi connectivity index (χ0) is 15.2. The zero-order valence-electron chi connectivity index (χ0n) is 12.2. The smallest absolute Gasteiger partial charge is 0.255 e. The highest BCUT2D eigenvalue weighted by atomic mass is 16.2. The number of amides is 1. The number of carbonyl (C=O) groups excluding carboxylic acids is 1. The van der Waals surface area contributed by atoms with Gasteiger partial charge in [-0.15, -0.1) is 0 Å². The van der Waals surface area contributed by atoms with E-state index in [1.165, 1.54) is 10.6 Å². The second-order valence-electron chi connectivity index (χ2n) is 5.02. The second-order valence-corrected chi connectivity index (χ2v) is 5.02. The van der Waals surface area contributed by atoms with E-state index in [0.29, 0.717) is 12.1 Å². The van der Waals surface area contributed by atoms with Crippen LogP contribution in [-0.4, -0.2) is 42.6 Å². The fourth-order valence-corrected chi connectivity index (χ4v) is 1.91. The minimum absolute atomic E-state index is 0.161. The molecule has 0 spiro atoms. The number of nitrogens with one attached hydrogen (secondary N) is 1. The number of pyridine rings is 1. The van der Waals surface area contributed by atoms with E-state index in [1.54, 1.807) is 12.3 Å². The molecule has 1 heterocycles. The number of benzene rings is 1. The summed E-state index contributed by atoms with van der Waals surface area (Å²) in [6, 6.07) is 12.2. The maximum absolute atomic E-state index is 12.1. The summed E-state index contributed by atoms with van der Waals surface area (Å²) in [6.07, 6.45) is 1.57. The molecule has 1 amide bonds. The predicted molar refractivity (Wildman–Crippen MR) is 82.9 cm³/mol. The Hall–Kier alpha value is -2.40. The van der Waals surface area contributed by atoms with Gasteiger partial charge in [0.2, 0.25) is 0 Å². The Labute approximate surface area is 123 Å². The minimum atomic E-state index is -0.179. The molecule has 1 N–H and O–H groups in total. The molecule has 2 rings (SSSR count). The molecule has 0 aliphatic rings. The summed E-state index contributed by atoms with van der Waals surface area (Å²) in [5, 5.41) is 2.83. The van der Waals surface area contributed by atoms with Crippen LogP contribution in [0.1, 0.15) is 10.4 Å². The van der Waals surface area contributed by atoms with E-state index in [0.717, 1.165) is 12.2 Å². The van der Waals surface area contributed by atoms with Crippen molar-refractivity contribution in [2.24, 2.45) is 0 Å². The van der Waals surface area contributed by atoms with Crippen LogP contribution in [0.15, 0.2) is 53.5 Å². The van der Waals surface area contributed by atoms with Gasteiger partial charge in [-0.3, -0.25) is 14.2 Å². The van der Waals surface area contributed by atoms with E-state index in [1.807, 2.05) is 49.3 Å². The normalized spacial score (nSPS) is 10.6. The maximum atomic E-state index is 12.1. The third-order valence-corrected chi connectivity index (χ3v) is 3.05. The van der Waals surface area contributed by atoms with Crippen LogP contribution in [0.2, 0.25) is 0 Å². The topological polar surface area (TPSA) is 54.3 Å². The maximum Gasteiger partial charge on any atom is 0.255 e. The molecule has 0 bridgehead atoms. The first-order valence-corrected chi connectivity index (χ1v) is 6.79. The Kier molecular flexibility index (Phi) is 4.90. The van der Waals surface area contributed by atoms with Gasteiger partial charge in [0.25, 0.3) is 11.5 Å². The summed E-state index contributed by atoms with van der Waals surface area (Å²) >= 11 is 0. The van der Waals surface area contributed by atoms with Crippen molar-refractivity contribution < 1.29 is 4.79 Å². The molecule has 0 atom stereocenters. The van der Waals surface area contributed by atoms with E-state index >= 15 is 0 Å². The molecule has 0 radical (unpaired) electrons. The van der Waals surface area contributed by atoms with Crippen LogP contribution in [0.25, 0.3) is 5.69 Å². The van der Waals surface area contributed by atoms with Crippen LogP contribution >= 0.6 is 0 Å². The summed E-state index contributed by atoms with van der Waals surface area (Å²) in [7, 11) is 3.89. The molecule has 0 unspecified atom stereocenters. The molecule has 110 valence electrons. The highest BCUT2D eigenvalue weighted by Crippen LogP contribution is 2.05. The van der Waals surface area contributed by atoms with Crippen LogP contribution in [0, 0.1) is 0 Å². The molecule has 1 aromatic heterocycles. The van der Waals surface area contributed by atoms with Gasteiger partial charge in [0.15, 0.2) is 0 Å². The minimum Gasteiger partial charge on any atom is -0.351 e. The summed E-state index contributed by atoms with van der Waals surface area (Å²) in [6.45, 7) is 1.33. The predicted octanol–water partition coefficient (Wildman–Crippen LogP) is 1.13. The van der Waals surface area contributed by atoms with Gasteiger partial charge in [-0.25, -0.2) is 0 Å². The monoisotopic (exact) mass is 285 g/mol.